The van der Waals surface area contributed by atoms with Crippen molar-refractivity contribution in [3.63, 3.8) is 0 Å². The van der Waals surface area contributed by atoms with Gasteiger partial charge in [0.15, 0.2) is 0 Å². The molecule has 0 atom stereocenters. The molecule has 2 aromatic carbocycles. The zero-order valence-electron chi connectivity index (χ0n) is 12.8. The van der Waals surface area contributed by atoms with Gasteiger partial charge in [-0.2, -0.15) is 0 Å². The Morgan fingerprint density at radius 1 is 1.00 bits per heavy atom. The second-order valence-corrected chi connectivity index (χ2v) is 6.14. The highest BCUT2D eigenvalue weighted by atomic mass is 32.1. The monoisotopic (exact) mass is 325 g/mol. The van der Waals surface area contributed by atoms with Crippen LogP contribution in [0, 0.1) is 10.1 Å². The number of nitro groups is 1. The van der Waals surface area contributed by atoms with Gasteiger partial charge in [-0.3, -0.25) is 10.1 Å². The van der Waals surface area contributed by atoms with Crippen LogP contribution in [0.5, 0.6) is 0 Å². The molecule has 0 aliphatic carbocycles. The maximum absolute atomic E-state index is 10.7. The highest BCUT2D eigenvalue weighted by Gasteiger charge is 2.09. The average molecular weight is 325 g/mol. The SMILES string of the molecule is CN(C)c1ccc(-c2nc(-c3ccc([N+](=O)[O-])cc3)cs2)cc1. The van der Waals surface area contributed by atoms with Crippen molar-refractivity contribution in [1.82, 2.24) is 4.98 Å². The Labute approximate surface area is 138 Å². The number of nitro benzene ring substituents is 1. The molecule has 1 aromatic heterocycles. The lowest BCUT2D eigenvalue weighted by molar-refractivity contribution is -0.384. The minimum atomic E-state index is -0.400. The summed E-state index contributed by atoms with van der Waals surface area (Å²) >= 11 is 1.56. The fourth-order valence-electron chi connectivity index (χ4n) is 2.19. The van der Waals surface area contributed by atoms with Gasteiger partial charge in [0.05, 0.1) is 10.6 Å². The zero-order valence-corrected chi connectivity index (χ0v) is 13.6. The van der Waals surface area contributed by atoms with Gasteiger partial charge in [0, 0.05) is 48.4 Å². The molecule has 0 spiro atoms. The molecule has 0 unspecified atom stereocenters. The number of non-ortho nitro benzene ring substituents is 1. The van der Waals surface area contributed by atoms with Crippen LogP contribution in [-0.4, -0.2) is 24.0 Å². The topological polar surface area (TPSA) is 59.3 Å². The van der Waals surface area contributed by atoms with Crippen molar-refractivity contribution in [1.29, 1.82) is 0 Å². The number of anilines is 1. The average Bonchev–Trinajstić information content (AvgIpc) is 3.05. The number of thiazole rings is 1. The van der Waals surface area contributed by atoms with Gasteiger partial charge in [-0.15, -0.1) is 11.3 Å². The van der Waals surface area contributed by atoms with Gasteiger partial charge in [0.1, 0.15) is 5.01 Å². The maximum Gasteiger partial charge on any atom is 0.269 e. The normalized spacial score (nSPS) is 10.5. The van der Waals surface area contributed by atoms with E-state index in [1.165, 1.54) is 12.1 Å². The summed E-state index contributed by atoms with van der Waals surface area (Å²) in [6.07, 6.45) is 0. The molecule has 3 aromatic rings. The first-order valence-corrected chi connectivity index (χ1v) is 7.90. The smallest absolute Gasteiger partial charge is 0.269 e. The molecule has 0 aliphatic rings. The Morgan fingerprint density at radius 2 is 1.61 bits per heavy atom. The summed E-state index contributed by atoms with van der Waals surface area (Å²) in [5, 5.41) is 13.6. The first-order valence-electron chi connectivity index (χ1n) is 7.03. The van der Waals surface area contributed by atoms with Crippen LogP contribution in [0.15, 0.2) is 53.9 Å². The zero-order chi connectivity index (χ0) is 16.4. The van der Waals surface area contributed by atoms with Gasteiger partial charge in [-0.25, -0.2) is 4.98 Å². The van der Waals surface area contributed by atoms with Gasteiger partial charge < -0.3 is 4.90 Å². The van der Waals surface area contributed by atoms with E-state index >= 15 is 0 Å². The molecule has 23 heavy (non-hydrogen) atoms. The van der Waals surface area contributed by atoms with Crippen LogP contribution in [0.3, 0.4) is 0 Å². The number of hydrogen-bond acceptors (Lipinski definition) is 5. The second kappa shape index (κ2) is 6.18. The van der Waals surface area contributed by atoms with Crippen LogP contribution < -0.4 is 4.90 Å². The quantitative estimate of drug-likeness (QED) is 0.525. The van der Waals surface area contributed by atoms with Crippen molar-refractivity contribution in [2.75, 3.05) is 19.0 Å². The Morgan fingerprint density at radius 3 is 2.17 bits per heavy atom. The van der Waals surface area contributed by atoms with E-state index in [1.54, 1.807) is 23.5 Å². The third kappa shape index (κ3) is 3.22. The number of benzene rings is 2. The van der Waals surface area contributed by atoms with E-state index in [1.807, 2.05) is 36.5 Å². The highest BCUT2D eigenvalue weighted by molar-refractivity contribution is 7.13. The first-order chi connectivity index (χ1) is 11.0. The Balaban J connectivity index is 1.86. The third-order valence-corrected chi connectivity index (χ3v) is 4.40. The van der Waals surface area contributed by atoms with E-state index in [0.717, 1.165) is 27.5 Å². The molecular formula is C17H15N3O2S. The van der Waals surface area contributed by atoms with E-state index in [2.05, 4.69) is 17.1 Å². The van der Waals surface area contributed by atoms with Crippen LogP contribution in [0.1, 0.15) is 0 Å². The molecule has 0 saturated carbocycles. The van der Waals surface area contributed by atoms with E-state index in [4.69, 9.17) is 0 Å². The first kappa shape index (κ1) is 15.2. The van der Waals surface area contributed by atoms with E-state index in [0.29, 0.717) is 0 Å². The van der Waals surface area contributed by atoms with E-state index in [9.17, 15) is 10.1 Å². The van der Waals surface area contributed by atoms with Crippen molar-refractivity contribution in [2.24, 2.45) is 0 Å². The van der Waals surface area contributed by atoms with E-state index in [-0.39, 0.29) is 5.69 Å². The minimum Gasteiger partial charge on any atom is -0.378 e. The number of hydrogen-bond donors (Lipinski definition) is 0. The molecule has 0 N–H and O–H groups in total. The van der Waals surface area contributed by atoms with Crippen molar-refractivity contribution >= 4 is 22.7 Å². The minimum absolute atomic E-state index is 0.0866. The summed E-state index contributed by atoms with van der Waals surface area (Å²) < 4.78 is 0. The van der Waals surface area contributed by atoms with Gasteiger partial charge in [0.2, 0.25) is 0 Å². The largest absolute Gasteiger partial charge is 0.378 e. The molecule has 0 saturated heterocycles. The second-order valence-electron chi connectivity index (χ2n) is 5.28. The number of rotatable bonds is 4. The summed E-state index contributed by atoms with van der Waals surface area (Å²) in [4.78, 5) is 17.0. The predicted octanol–water partition coefficient (Wildman–Crippen LogP) is 4.45. The summed E-state index contributed by atoms with van der Waals surface area (Å²) in [5.41, 5.74) is 4.00. The number of aromatic nitrogens is 1. The lowest BCUT2D eigenvalue weighted by Gasteiger charge is -2.11. The molecule has 0 aliphatic heterocycles. The van der Waals surface area contributed by atoms with Crippen molar-refractivity contribution in [3.8, 4) is 21.8 Å². The Bertz CT molecular complexity index is 824. The molecular weight excluding hydrogens is 310 g/mol. The summed E-state index contributed by atoms with van der Waals surface area (Å²) in [6.45, 7) is 0. The molecule has 0 fully saturated rings. The summed E-state index contributed by atoms with van der Waals surface area (Å²) in [6, 6.07) is 14.7. The molecule has 0 radical (unpaired) electrons. The van der Waals surface area contributed by atoms with Crippen LogP contribution in [0.4, 0.5) is 11.4 Å². The van der Waals surface area contributed by atoms with Crippen LogP contribution in [-0.2, 0) is 0 Å². The van der Waals surface area contributed by atoms with Crippen LogP contribution >= 0.6 is 11.3 Å². The lowest BCUT2D eigenvalue weighted by Crippen LogP contribution is -2.07. The third-order valence-electron chi connectivity index (χ3n) is 3.51. The predicted molar refractivity (Wildman–Crippen MR) is 94.0 cm³/mol. The molecule has 0 amide bonds. The van der Waals surface area contributed by atoms with Crippen molar-refractivity contribution in [3.05, 3.63) is 64.0 Å². The Hall–Kier alpha value is -2.73. The van der Waals surface area contributed by atoms with Crippen molar-refractivity contribution in [2.45, 2.75) is 0 Å². The standard InChI is InChI=1S/C17H15N3O2S/c1-19(2)14-7-5-13(6-8-14)17-18-16(11-23-17)12-3-9-15(10-4-12)20(21)22/h3-11H,1-2H3. The Kier molecular flexibility index (Phi) is 4.08. The van der Waals surface area contributed by atoms with Crippen LogP contribution in [0.2, 0.25) is 0 Å². The molecule has 1 heterocycles. The van der Waals surface area contributed by atoms with Gasteiger partial charge in [-0.1, -0.05) is 0 Å². The highest BCUT2D eigenvalue weighted by Crippen LogP contribution is 2.30. The lowest BCUT2D eigenvalue weighted by atomic mass is 10.1. The maximum atomic E-state index is 10.7. The van der Waals surface area contributed by atoms with Crippen molar-refractivity contribution < 1.29 is 4.92 Å². The molecule has 3 rings (SSSR count). The van der Waals surface area contributed by atoms with Gasteiger partial charge in [0.25, 0.3) is 5.69 Å². The van der Waals surface area contributed by atoms with E-state index < -0.39 is 4.92 Å². The van der Waals surface area contributed by atoms with Gasteiger partial charge >= 0.3 is 0 Å². The number of nitrogens with zero attached hydrogens (tertiary/aromatic N) is 3. The fourth-order valence-corrected chi connectivity index (χ4v) is 3.03. The molecule has 116 valence electrons. The van der Waals surface area contributed by atoms with Crippen LogP contribution in [0.25, 0.3) is 21.8 Å². The molecule has 6 heteroatoms. The van der Waals surface area contributed by atoms with Gasteiger partial charge in [-0.05, 0) is 36.4 Å². The fraction of sp³-hybridized carbons (Fsp3) is 0.118. The summed E-state index contributed by atoms with van der Waals surface area (Å²) in [5.74, 6) is 0. The molecule has 5 nitrogen and oxygen atoms in total. The molecule has 0 bridgehead atoms. The summed E-state index contributed by atoms with van der Waals surface area (Å²) in [7, 11) is 4.01.